The third-order valence-electron chi connectivity index (χ3n) is 4.08. The molecule has 1 atom stereocenters. The van der Waals surface area contributed by atoms with Gasteiger partial charge in [-0.2, -0.15) is 0 Å². The summed E-state index contributed by atoms with van der Waals surface area (Å²) in [6.07, 6.45) is 2.20. The summed E-state index contributed by atoms with van der Waals surface area (Å²) >= 11 is 13.3. The van der Waals surface area contributed by atoms with Gasteiger partial charge in [-0.15, -0.1) is 11.3 Å². The van der Waals surface area contributed by atoms with Crippen LogP contribution in [0.4, 0.5) is 5.00 Å². The Balaban J connectivity index is 2.04. The van der Waals surface area contributed by atoms with Crippen LogP contribution in [0.15, 0.2) is 17.1 Å². The molecule has 0 radical (unpaired) electrons. The fraction of sp³-hybridized carbons (Fsp3) is 0.294. The van der Waals surface area contributed by atoms with Gasteiger partial charge in [0.2, 0.25) is 0 Å². The molecule has 132 valence electrons. The maximum absolute atomic E-state index is 12.2. The van der Waals surface area contributed by atoms with Gasteiger partial charge in [-0.1, -0.05) is 29.0 Å². The summed E-state index contributed by atoms with van der Waals surface area (Å²) in [7, 11) is 3.47. The van der Waals surface area contributed by atoms with Gasteiger partial charge in [0.15, 0.2) is 0 Å². The molecule has 0 fully saturated rings. The SMILES string of the molecule is COC(=O)c1c(/N=C/c2cc(Cl)cc(Cl)c2[O-])sc2c1CC[NH+](C)C2. The van der Waals surface area contributed by atoms with E-state index in [0.29, 0.717) is 15.6 Å². The maximum Gasteiger partial charge on any atom is 0.341 e. The Morgan fingerprint density at radius 2 is 2.20 bits per heavy atom. The number of thiophene rings is 1. The van der Waals surface area contributed by atoms with E-state index in [-0.39, 0.29) is 16.3 Å². The number of hydrogen-bond donors (Lipinski definition) is 1. The number of aliphatic imine (C=N–C) groups is 1. The number of fused-ring (bicyclic) bond motifs is 1. The molecule has 0 spiro atoms. The highest BCUT2D eigenvalue weighted by molar-refractivity contribution is 7.16. The van der Waals surface area contributed by atoms with Crippen LogP contribution in [0.1, 0.15) is 26.4 Å². The van der Waals surface area contributed by atoms with Gasteiger partial charge in [-0.25, -0.2) is 9.79 Å². The number of carbonyl (C=O) groups is 1. The summed E-state index contributed by atoms with van der Waals surface area (Å²) in [5.74, 6) is -0.754. The molecule has 1 N–H and O–H groups in total. The van der Waals surface area contributed by atoms with E-state index in [1.54, 1.807) is 0 Å². The average Bonchev–Trinajstić information content (AvgIpc) is 2.93. The molecule has 1 aliphatic rings. The highest BCUT2D eigenvalue weighted by Crippen LogP contribution is 2.37. The molecule has 0 aliphatic carbocycles. The van der Waals surface area contributed by atoms with Gasteiger partial charge >= 0.3 is 5.97 Å². The molecular formula is C17H16Cl2N2O3S. The molecule has 0 bridgehead atoms. The van der Waals surface area contributed by atoms with Crippen molar-refractivity contribution in [2.75, 3.05) is 20.7 Å². The number of nitrogens with zero attached hydrogens (tertiary/aromatic N) is 1. The van der Waals surface area contributed by atoms with E-state index in [9.17, 15) is 9.90 Å². The lowest BCUT2D eigenvalue weighted by atomic mass is 10.0. The molecule has 1 unspecified atom stereocenters. The van der Waals surface area contributed by atoms with Crippen molar-refractivity contribution in [3.63, 3.8) is 0 Å². The van der Waals surface area contributed by atoms with Gasteiger partial charge in [-0.3, -0.25) is 0 Å². The van der Waals surface area contributed by atoms with Crippen LogP contribution < -0.4 is 10.0 Å². The van der Waals surface area contributed by atoms with Crippen molar-refractivity contribution in [2.24, 2.45) is 4.99 Å². The second-order valence-electron chi connectivity index (χ2n) is 5.87. The first-order valence-corrected chi connectivity index (χ1v) is 9.22. The van der Waals surface area contributed by atoms with Gasteiger partial charge in [0.1, 0.15) is 17.1 Å². The number of halogens is 2. The summed E-state index contributed by atoms with van der Waals surface area (Å²) in [5, 5.41) is 13.0. The zero-order valence-electron chi connectivity index (χ0n) is 13.7. The van der Waals surface area contributed by atoms with Gasteiger partial charge in [0.05, 0.1) is 25.6 Å². The fourth-order valence-corrected chi connectivity index (χ4v) is 4.62. The second-order valence-corrected chi connectivity index (χ2v) is 7.80. The van der Waals surface area contributed by atoms with Crippen molar-refractivity contribution in [3.8, 4) is 5.75 Å². The molecule has 0 amide bonds. The molecule has 25 heavy (non-hydrogen) atoms. The van der Waals surface area contributed by atoms with Crippen LogP contribution >= 0.6 is 34.5 Å². The van der Waals surface area contributed by atoms with Crippen LogP contribution in [-0.2, 0) is 17.7 Å². The fourth-order valence-electron chi connectivity index (χ4n) is 2.81. The number of hydrogen-bond acceptors (Lipinski definition) is 5. The number of quaternary nitrogens is 1. The summed E-state index contributed by atoms with van der Waals surface area (Å²) in [5.41, 5.74) is 1.77. The van der Waals surface area contributed by atoms with Crippen molar-refractivity contribution >= 4 is 51.7 Å². The number of likely N-dealkylation sites (N-methyl/N-ethyl adjacent to an activating group) is 1. The number of esters is 1. The number of ether oxygens (including phenoxy) is 1. The van der Waals surface area contributed by atoms with Gasteiger partial charge < -0.3 is 14.7 Å². The van der Waals surface area contributed by atoms with Crippen LogP contribution in [0.3, 0.4) is 0 Å². The van der Waals surface area contributed by atoms with Crippen LogP contribution in [0, 0.1) is 0 Å². The van der Waals surface area contributed by atoms with E-state index in [1.165, 1.54) is 41.7 Å². The predicted octanol–water partition coefficient (Wildman–Crippen LogP) is 2.24. The molecule has 1 aromatic carbocycles. The third-order valence-corrected chi connectivity index (χ3v) is 5.72. The summed E-state index contributed by atoms with van der Waals surface area (Å²) in [6.45, 7) is 1.79. The number of methoxy groups -OCH3 is 1. The topological polar surface area (TPSA) is 66.2 Å². The zero-order valence-corrected chi connectivity index (χ0v) is 16.0. The van der Waals surface area contributed by atoms with Crippen LogP contribution in [0.25, 0.3) is 0 Å². The Hall–Kier alpha value is -1.60. The maximum atomic E-state index is 12.2. The summed E-state index contributed by atoms with van der Waals surface area (Å²) < 4.78 is 4.93. The minimum atomic E-state index is -0.407. The van der Waals surface area contributed by atoms with Crippen molar-refractivity contribution < 1.29 is 19.5 Å². The Morgan fingerprint density at radius 3 is 2.92 bits per heavy atom. The number of benzene rings is 1. The molecular weight excluding hydrogens is 383 g/mol. The quantitative estimate of drug-likeness (QED) is 0.636. The molecule has 2 aromatic rings. The molecule has 8 heteroatoms. The van der Waals surface area contributed by atoms with Crippen LogP contribution in [-0.4, -0.2) is 32.9 Å². The molecule has 1 aromatic heterocycles. The van der Waals surface area contributed by atoms with Gasteiger partial charge in [-0.05, 0) is 23.3 Å². The van der Waals surface area contributed by atoms with Crippen molar-refractivity contribution in [2.45, 2.75) is 13.0 Å². The Kier molecular flexibility index (Phi) is 5.34. The molecule has 0 saturated carbocycles. The van der Waals surface area contributed by atoms with Gasteiger partial charge in [0, 0.05) is 22.7 Å². The Labute approximate surface area is 159 Å². The normalized spacial score (nSPS) is 16.9. The monoisotopic (exact) mass is 398 g/mol. The first-order valence-electron chi connectivity index (χ1n) is 7.65. The first kappa shape index (κ1) is 18.2. The zero-order chi connectivity index (χ0) is 18.1. The van der Waals surface area contributed by atoms with E-state index < -0.39 is 5.97 Å². The molecule has 3 rings (SSSR count). The summed E-state index contributed by atoms with van der Waals surface area (Å²) in [4.78, 5) is 19.1. The first-order chi connectivity index (χ1) is 11.9. The highest BCUT2D eigenvalue weighted by Gasteiger charge is 2.29. The van der Waals surface area contributed by atoms with Crippen LogP contribution in [0.2, 0.25) is 10.0 Å². The number of rotatable bonds is 3. The smallest absolute Gasteiger partial charge is 0.341 e. The van der Waals surface area contributed by atoms with Crippen LogP contribution in [0.5, 0.6) is 5.75 Å². The van der Waals surface area contributed by atoms with Crippen molar-refractivity contribution in [3.05, 3.63) is 43.7 Å². The summed E-state index contributed by atoms with van der Waals surface area (Å²) in [6, 6.07) is 2.90. The lowest BCUT2D eigenvalue weighted by Crippen LogP contribution is -3.08. The van der Waals surface area contributed by atoms with E-state index >= 15 is 0 Å². The highest BCUT2D eigenvalue weighted by atomic mass is 35.5. The Bertz CT molecular complexity index is 864. The molecule has 0 saturated heterocycles. The number of nitrogens with one attached hydrogen (secondary N) is 1. The molecule has 5 nitrogen and oxygen atoms in total. The van der Waals surface area contributed by atoms with Gasteiger partial charge in [0.25, 0.3) is 0 Å². The lowest BCUT2D eigenvalue weighted by molar-refractivity contribution is -0.895. The standard InChI is InChI=1S/C17H16Cl2N2O3S/c1-21-4-3-11-13(8-21)25-16(14(11)17(23)24-2)20-7-9-5-10(18)6-12(19)15(9)22/h5-7,22H,3-4,8H2,1-2H3/b20-7+. The predicted molar refractivity (Wildman–Crippen MR) is 98.0 cm³/mol. The largest absolute Gasteiger partial charge is 0.871 e. The van der Waals surface area contributed by atoms with Crippen molar-refractivity contribution in [1.29, 1.82) is 0 Å². The van der Waals surface area contributed by atoms with Crippen molar-refractivity contribution in [1.82, 2.24) is 0 Å². The number of carbonyl (C=O) groups excluding carboxylic acids is 1. The average molecular weight is 399 g/mol. The minimum Gasteiger partial charge on any atom is -0.871 e. The van der Waals surface area contributed by atoms with E-state index in [1.807, 2.05) is 0 Å². The molecule has 1 aliphatic heterocycles. The third kappa shape index (κ3) is 3.67. The Morgan fingerprint density at radius 1 is 1.44 bits per heavy atom. The van der Waals surface area contributed by atoms with E-state index in [2.05, 4.69) is 12.0 Å². The van der Waals surface area contributed by atoms with E-state index in [4.69, 9.17) is 27.9 Å². The molecule has 2 heterocycles. The van der Waals surface area contributed by atoms with E-state index in [0.717, 1.165) is 30.0 Å². The lowest BCUT2D eigenvalue weighted by Gasteiger charge is -2.19. The minimum absolute atomic E-state index is 0.0397. The second kappa shape index (κ2) is 7.33.